The number of imide groups is 1. The van der Waals surface area contributed by atoms with Crippen LogP contribution >= 0.6 is 11.6 Å². The second-order valence-electron chi connectivity index (χ2n) is 7.32. The number of carbonyl (C=O) groups excluding carboxylic acids is 2. The van der Waals surface area contributed by atoms with Crippen LogP contribution in [0.2, 0.25) is 5.02 Å². The molecular weight excluding hydrogens is 412 g/mol. The molecule has 31 heavy (non-hydrogen) atoms. The van der Waals surface area contributed by atoms with Crippen LogP contribution in [0.15, 0.2) is 72.4 Å². The lowest BCUT2D eigenvalue weighted by Crippen LogP contribution is -2.32. The Balaban J connectivity index is 1.85. The summed E-state index contributed by atoms with van der Waals surface area (Å²) in [6.45, 7) is 3.91. The summed E-state index contributed by atoms with van der Waals surface area (Å²) in [7, 11) is 1.59. The van der Waals surface area contributed by atoms with Gasteiger partial charge < -0.3 is 10.1 Å². The smallest absolute Gasteiger partial charge is 0.282 e. The maximum Gasteiger partial charge on any atom is 0.282 e. The SMILES string of the molecule is COc1ccc(NC2=C(c3ccc(C)cc3C)C(=O)N(c3ccccc3Cl)C2=O)cc1. The summed E-state index contributed by atoms with van der Waals surface area (Å²) in [6.07, 6.45) is 0. The van der Waals surface area contributed by atoms with Gasteiger partial charge in [-0.2, -0.15) is 0 Å². The maximum atomic E-state index is 13.5. The molecular formula is C25H21ClN2O3. The minimum atomic E-state index is -0.455. The molecule has 0 radical (unpaired) electrons. The highest BCUT2D eigenvalue weighted by atomic mass is 35.5. The van der Waals surface area contributed by atoms with E-state index < -0.39 is 11.8 Å². The highest BCUT2D eigenvalue weighted by molar-refractivity contribution is 6.48. The van der Waals surface area contributed by atoms with Crippen LogP contribution < -0.4 is 15.0 Å². The fraction of sp³-hybridized carbons (Fsp3) is 0.120. The Morgan fingerprint density at radius 1 is 0.903 bits per heavy atom. The summed E-state index contributed by atoms with van der Waals surface area (Å²) >= 11 is 6.32. The van der Waals surface area contributed by atoms with E-state index in [9.17, 15) is 9.59 Å². The Hall–Kier alpha value is -3.57. The summed E-state index contributed by atoms with van der Waals surface area (Å²) < 4.78 is 5.20. The molecule has 0 saturated heterocycles. The largest absolute Gasteiger partial charge is 0.497 e. The van der Waals surface area contributed by atoms with Crippen molar-refractivity contribution in [1.29, 1.82) is 0 Å². The first kappa shape index (κ1) is 20.7. The monoisotopic (exact) mass is 432 g/mol. The molecule has 1 heterocycles. The molecule has 0 spiro atoms. The van der Waals surface area contributed by atoms with Crippen molar-refractivity contribution in [3.8, 4) is 5.75 Å². The maximum absolute atomic E-state index is 13.5. The summed E-state index contributed by atoms with van der Waals surface area (Å²) in [5.74, 6) is -0.175. The minimum Gasteiger partial charge on any atom is -0.497 e. The van der Waals surface area contributed by atoms with Gasteiger partial charge >= 0.3 is 0 Å². The number of ether oxygens (including phenoxy) is 1. The fourth-order valence-electron chi connectivity index (χ4n) is 3.66. The Labute approximate surface area is 185 Å². The van der Waals surface area contributed by atoms with Gasteiger partial charge in [0, 0.05) is 5.69 Å². The third kappa shape index (κ3) is 3.80. The van der Waals surface area contributed by atoms with Crippen LogP contribution in [0.3, 0.4) is 0 Å². The topological polar surface area (TPSA) is 58.6 Å². The first-order valence-corrected chi connectivity index (χ1v) is 10.1. The van der Waals surface area contributed by atoms with Crippen molar-refractivity contribution in [3.05, 3.63) is 94.1 Å². The molecule has 1 aliphatic rings. The second-order valence-corrected chi connectivity index (χ2v) is 7.73. The van der Waals surface area contributed by atoms with Crippen LogP contribution in [0.5, 0.6) is 5.75 Å². The van der Waals surface area contributed by atoms with E-state index in [1.807, 2.05) is 32.0 Å². The van der Waals surface area contributed by atoms with Gasteiger partial charge in [-0.3, -0.25) is 9.59 Å². The number of nitrogens with one attached hydrogen (secondary N) is 1. The van der Waals surface area contributed by atoms with E-state index in [4.69, 9.17) is 16.3 Å². The molecule has 2 amide bonds. The second kappa shape index (κ2) is 8.28. The molecule has 0 unspecified atom stereocenters. The van der Waals surface area contributed by atoms with Gasteiger partial charge in [0.1, 0.15) is 11.4 Å². The lowest BCUT2D eigenvalue weighted by Gasteiger charge is -2.17. The third-order valence-corrected chi connectivity index (χ3v) is 5.51. The van der Waals surface area contributed by atoms with Crippen molar-refractivity contribution in [1.82, 2.24) is 0 Å². The van der Waals surface area contributed by atoms with Crippen LogP contribution in [-0.2, 0) is 9.59 Å². The van der Waals surface area contributed by atoms with Crippen molar-refractivity contribution >= 4 is 40.4 Å². The third-order valence-electron chi connectivity index (χ3n) is 5.19. The molecule has 0 saturated carbocycles. The van der Waals surface area contributed by atoms with Crippen LogP contribution in [0.1, 0.15) is 16.7 Å². The van der Waals surface area contributed by atoms with E-state index in [1.165, 1.54) is 0 Å². The molecule has 1 N–H and O–H groups in total. The van der Waals surface area contributed by atoms with Gasteiger partial charge in [-0.25, -0.2) is 4.90 Å². The molecule has 0 aliphatic carbocycles. The van der Waals surface area contributed by atoms with E-state index >= 15 is 0 Å². The van der Waals surface area contributed by atoms with Crippen LogP contribution in [-0.4, -0.2) is 18.9 Å². The van der Waals surface area contributed by atoms with Gasteiger partial charge in [-0.15, -0.1) is 0 Å². The van der Waals surface area contributed by atoms with Gasteiger partial charge in [0.05, 0.1) is 23.4 Å². The number of benzene rings is 3. The van der Waals surface area contributed by atoms with Crippen molar-refractivity contribution in [2.75, 3.05) is 17.3 Å². The zero-order chi connectivity index (χ0) is 22.1. The highest BCUT2D eigenvalue weighted by Gasteiger charge is 2.41. The standard InChI is InChI=1S/C25H21ClN2O3/c1-15-8-13-19(16(2)14-15)22-23(27-17-9-11-18(31-3)12-10-17)25(30)28(24(22)29)21-7-5-4-6-20(21)26/h4-14,27H,1-3H3. The Morgan fingerprint density at radius 3 is 2.26 bits per heavy atom. The lowest BCUT2D eigenvalue weighted by molar-refractivity contribution is -0.120. The summed E-state index contributed by atoms with van der Waals surface area (Å²) in [5.41, 5.74) is 4.24. The molecule has 5 nitrogen and oxygen atoms in total. The number of carbonyl (C=O) groups is 2. The van der Waals surface area contributed by atoms with Crippen molar-refractivity contribution in [3.63, 3.8) is 0 Å². The predicted octanol–water partition coefficient (Wildman–Crippen LogP) is 5.36. The van der Waals surface area contributed by atoms with Gasteiger partial charge in [-0.05, 0) is 61.4 Å². The summed E-state index contributed by atoms with van der Waals surface area (Å²) in [4.78, 5) is 28.1. The molecule has 0 bridgehead atoms. The molecule has 156 valence electrons. The molecule has 3 aromatic carbocycles. The van der Waals surface area contributed by atoms with Crippen LogP contribution in [0.25, 0.3) is 5.57 Å². The van der Waals surface area contributed by atoms with E-state index in [0.717, 1.165) is 16.0 Å². The van der Waals surface area contributed by atoms with Gasteiger partial charge in [0.2, 0.25) is 0 Å². The number of hydrogen-bond donors (Lipinski definition) is 1. The predicted molar refractivity (Wildman–Crippen MR) is 123 cm³/mol. The van der Waals surface area contributed by atoms with Crippen LogP contribution in [0.4, 0.5) is 11.4 Å². The zero-order valence-electron chi connectivity index (χ0n) is 17.4. The van der Waals surface area contributed by atoms with Crippen molar-refractivity contribution in [2.24, 2.45) is 0 Å². The zero-order valence-corrected chi connectivity index (χ0v) is 18.2. The first-order valence-electron chi connectivity index (χ1n) is 9.77. The molecule has 1 aliphatic heterocycles. The molecule has 3 aromatic rings. The van der Waals surface area contributed by atoms with E-state index in [-0.39, 0.29) is 5.70 Å². The Morgan fingerprint density at radius 2 is 1.61 bits per heavy atom. The summed E-state index contributed by atoms with van der Waals surface area (Å²) in [6, 6.07) is 19.8. The first-order chi connectivity index (χ1) is 14.9. The molecule has 0 fully saturated rings. The molecule has 6 heteroatoms. The van der Waals surface area contributed by atoms with Crippen molar-refractivity contribution < 1.29 is 14.3 Å². The number of nitrogens with zero attached hydrogens (tertiary/aromatic N) is 1. The number of para-hydroxylation sites is 1. The van der Waals surface area contributed by atoms with E-state index in [1.54, 1.807) is 55.6 Å². The summed E-state index contributed by atoms with van der Waals surface area (Å²) in [5, 5.41) is 3.48. The average Bonchev–Trinajstić information content (AvgIpc) is 2.99. The number of rotatable bonds is 5. The Kier molecular flexibility index (Phi) is 5.53. The van der Waals surface area contributed by atoms with E-state index in [0.29, 0.717) is 33.3 Å². The van der Waals surface area contributed by atoms with Crippen molar-refractivity contribution in [2.45, 2.75) is 13.8 Å². The number of anilines is 2. The van der Waals surface area contributed by atoms with Crippen LogP contribution in [0, 0.1) is 13.8 Å². The normalized spacial score (nSPS) is 13.7. The number of methoxy groups -OCH3 is 1. The fourth-order valence-corrected chi connectivity index (χ4v) is 3.88. The van der Waals surface area contributed by atoms with Gasteiger partial charge in [0.15, 0.2) is 0 Å². The number of halogens is 1. The number of hydrogen-bond acceptors (Lipinski definition) is 4. The average molecular weight is 433 g/mol. The minimum absolute atomic E-state index is 0.210. The number of amides is 2. The van der Waals surface area contributed by atoms with E-state index in [2.05, 4.69) is 5.32 Å². The number of aryl methyl sites for hydroxylation is 2. The highest BCUT2D eigenvalue weighted by Crippen LogP contribution is 2.37. The molecule has 4 rings (SSSR count). The Bertz CT molecular complexity index is 1220. The van der Waals surface area contributed by atoms with Gasteiger partial charge in [0.25, 0.3) is 11.8 Å². The quantitative estimate of drug-likeness (QED) is 0.551. The lowest BCUT2D eigenvalue weighted by atomic mass is 9.97. The van der Waals surface area contributed by atoms with Gasteiger partial charge in [-0.1, -0.05) is 47.5 Å². The molecule has 0 atom stereocenters. The molecule has 0 aromatic heterocycles.